The van der Waals surface area contributed by atoms with Gasteiger partial charge in [0.1, 0.15) is 0 Å². The van der Waals surface area contributed by atoms with E-state index in [4.69, 9.17) is 0 Å². The fourth-order valence-electron chi connectivity index (χ4n) is 4.93. The van der Waals surface area contributed by atoms with Crippen molar-refractivity contribution in [3.63, 3.8) is 0 Å². The van der Waals surface area contributed by atoms with Gasteiger partial charge >= 0.3 is 0 Å². The lowest BCUT2D eigenvalue weighted by Gasteiger charge is -2.29. The predicted molar refractivity (Wildman–Crippen MR) is 128 cm³/mol. The van der Waals surface area contributed by atoms with E-state index in [0.29, 0.717) is 23.5 Å². The van der Waals surface area contributed by atoms with Gasteiger partial charge in [0.05, 0.1) is 0 Å². The van der Waals surface area contributed by atoms with Crippen LogP contribution in [0.1, 0.15) is 95.1 Å². The molecule has 1 aliphatic rings. The zero-order valence-corrected chi connectivity index (χ0v) is 19.3. The Morgan fingerprint density at radius 2 is 1.55 bits per heavy atom. The van der Waals surface area contributed by atoms with E-state index in [1.54, 1.807) is 12.1 Å². The lowest BCUT2D eigenvalue weighted by molar-refractivity contribution is 0.302. The third-order valence-corrected chi connectivity index (χ3v) is 6.91. The number of halogens is 2. The Bertz CT molecular complexity index is 827. The summed E-state index contributed by atoms with van der Waals surface area (Å²) >= 11 is 0. The number of hydrogen-bond donors (Lipinski definition) is 0. The first-order chi connectivity index (χ1) is 15.1. The highest BCUT2D eigenvalue weighted by Gasteiger charge is 2.22. The summed E-state index contributed by atoms with van der Waals surface area (Å²) in [5.74, 6) is 0.0451. The molecule has 0 unspecified atom stereocenters. The van der Waals surface area contributed by atoms with Crippen LogP contribution < -0.4 is 0 Å². The van der Waals surface area contributed by atoms with E-state index in [1.807, 2.05) is 31.2 Å². The molecular weight excluding hydrogens is 386 g/mol. The average molecular weight is 425 g/mol. The van der Waals surface area contributed by atoms with Gasteiger partial charge in [0, 0.05) is 5.56 Å². The van der Waals surface area contributed by atoms with E-state index in [9.17, 15) is 8.78 Å². The molecule has 3 rings (SSSR count). The van der Waals surface area contributed by atoms with Gasteiger partial charge in [-0.15, -0.1) is 0 Å². The van der Waals surface area contributed by atoms with Crippen LogP contribution in [-0.2, 0) is 6.42 Å². The molecule has 0 atom stereocenters. The SMILES string of the molecule is CC/C=C\Cc1ccc(-c2ccc(C3CCC(CCCCCC)CC3)cc2)c(F)c1F. The summed E-state index contributed by atoms with van der Waals surface area (Å²) in [4.78, 5) is 0. The third-order valence-electron chi connectivity index (χ3n) is 6.91. The van der Waals surface area contributed by atoms with Gasteiger partial charge in [-0.25, -0.2) is 8.78 Å². The minimum atomic E-state index is -0.737. The van der Waals surface area contributed by atoms with Gasteiger partial charge in [0.2, 0.25) is 0 Å². The van der Waals surface area contributed by atoms with E-state index >= 15 is 0 Å². The molecule has 0 aliphatic heterocycles. The number of allylic oxidation sites excluding steroid dienone is 2. The molecule has 0 spiro atoms. The van der Waals surface area contributed by atoms with Crippen molar-refractivity contribution in [3.05, 3.63) is 71.3 Å². The van der Waals surface area contributed by atoms with Crippen molar-refractivity contribution in [2.75, 3.05) is 0 Å². The van der Waals surface area contributed by atoms with Crippen molar-refractivity contribution in [2.45, 2.75) is 90.4 Å². The number of unbranched alkanes of at least 4 members (excludes halogenated alkanes) is 3. The van der Waals surface area contributed by atoms with Gasteiger partial charge in [-0.1, -0.05) is 94.5 Å². The van der Waals surface area contributed by atoms with Crippen molar-refractivity contribution in [1.29, 1.82) is 0 Å². The third kappa shape index (κ3) is 6.51. The van der Waals surface area contributed by atoms with Gasteiger partial charge in [-0.2, -0.15) is 0 Å². The van der Waals surface area contributed by atoms with Crippen LogP contribution in [0, 0.1) is 17.6 Å². The van der Waals surface area contributed by atoms with Crippen molar-refractivity contribution in [3.8, 4) is 11.1 Å². The van der Waals surface area contributed by atoms with Crippen LogP contribution in [0.4, 0.5) is 8.78 Å². The summed E-state index contributed by atoms with van der Waals surface area (Å²) < 4.78 is 29.2. The maximum absolute atomic E-state index is 14.7. The molecule has 0 N–H and O–H groups in total. The highest BCUT2D eigenvalue weighted by Crippen LogP contribution is 2.38. The van der Waals surface area contributed by atoms with Crippen LogP contribution in [0.2, 0.25) is 0 Å². The van der Waals surface area contributed by atoms with Crippen molar-refractivity contribution >= 4 is 0 Å². The molecule has 0 bridgehead atoms. The average Bonchev–Trinajstić information content (AvgIpc) is 2.80. The first kappa shape index (κ1) is 23.7. The molecule has 1 aliphatic carbocycles. The molecule has 2 heteroatoms. The monoisotopic (exact) mass is 424 g/mol. The normalized spacial score (nSPS) is 19.2. The van der Waals surface area contributed by atoms with Crippen LogP contribution >= 0.6 is 0 Å². The molecule has 0 radical (unpaired) electrons. The van der Waals surface area contributed by atoms with Crippen LogP contribution in [0.5, 0.6) is 0 Å². The first-order valence-electron chi connectivity index (χ1n) is 12.4. The Labute approximate surface area is 187 Å². The van der Waals surface area contributed by atoms with Crippen molar-refractivity contribution < 1.29 is 8.78 Å². The number of benzene rings is 2. The quantitative estimate of drug-likeness (QED) is 0.263. The molecule has 0 aromatic heterocycles. The molecule has 168 valence electrons. The maximum Gasteiger partial charge on any atom is 0.166 e. The van der Waals surface area contributed by atoms with Gasteiger partial charge in [0.15, 0.2) is 11.6 Å². The summed E-state index contributed by atoms with van der Waals surface area (Å²) in [5.41, 5.74) is 2.85. The van der Waals surface area contributed by atoms with Crippen LogP contribution in [-0.4, -0.2) is 0 Å². The molecule has 2 aromatic rings. The predicted octanol–water partition coefficient (Wildman–Crippen LogP) is 9.38. The molecule has 0 nitrogen and oxygen atoms in total. The highest BCUT2D eigenvalue weighted by atomic mass is 19.2. The lowest BCUT2D eigenvalue weighted by Crippen LogP contribution is -2.13. The molecular formula is C29H38F2. The molecule has 0 saturated heterocycles. The number of hydrogen-bond acceptors (Lipinski definition) is 0. The fraction of sp³-hybridized carbons (Fsp3) is 0.517. The minimum absolute atomic E-state index is 0.350. The topological polar surface area (TPSA) is 0 Å². The van der Waals surface area contributed by atoms with E-state index in [1.165, 1.54) is 63.4 Å². The van der Waals surface area contributed by atoms with Crippen LogP contribution in [0.3, 0.4) is 0 Å². The summed E-state index contributed by atoms with van der Waals surface area (Å²) in [6, 6.07) is 11.6. The standard InChI is InChI=1S/C29H38F2/c1-3-5-7-9-10-22-12-14-23(15-13-22)24-16-18-25(19-17-24)27-21-20-26(11-8-6-4-2)28(30)29(27)31/h6,8,16-23H,3-5,7,9-15H2,1-2H3/b8-6-. The van der Waals surface area contributed by atoms with E-state index in [2.05, 4.69) is 19.1 Å². The maximum atomic E-state index is 14.7. The Morgan fingerprint density at radius 3 is 2.23 bits per heavy atom. The molecule has 0 amide bonds. The molecule has 31 heavy (non-hydrogen) atoms. The minimum Gasteiger partial charge on any atom is -0.203 e. The van der Waals surface area contributed by atoms with Crippen molar-refractivity contribution in [2.24, 2.45) is 5.92 Å². The highest BCUT2D eigenvalue weighted by molar-refractivity contribution is 5.65. The Balaban J connectivity index is 1.59. The van der Waals surface area contributed by atoms with Gasteiger partial charge in [-0.3, -0.25) is 0 Å². The zero-order valence-electron chi connectivity index (χ0n) is 19.3. The van der Waals surface area contributed by atoms with Crippen LogP contribution in [0.15, 0.2) is 48.6 Å². The zero-order chi connectivity index (χ0) is 22.1. The second kappa shape index (κ2) is 12.2. The van der Waals surface area contributed by atoms with E-state index in [0.717, 1.165) is 17.9 Å². The van der Waals surface area contributed by atoms with E-state index in [-0.39, 0.29) is 0 Å². The summed E-state index contributed by atoms with van der Waals surface area (Å²) in [6.45, 7) is 4.29. The van der Waals surface area contributed by atoms with Crippen molar-refractivity contribution in [1.82, 2.24) is 0 Å². The summed E-state index contributed by atoms with van der Waals surface area (Å²) in [5, 5.41) is 0. The number of rotatable bonds is 10. The Hall–Kier alpha value is -1.96. The Kier molecular flexibility index (Phi) is 9.31. The smallest absolute Gasteiger partial charge is 0.166 e. The van der Waals surface area contributed by atoms with E-state index < -0.39 is 11.6 Å². The molecule has 0 heterocycles. The fourth-order valence-corrected chi connectivity index (χ4v) is 4.93. The summed E-state index contributed by atoms with van der Waals surface area (Å²) in [6.07, 6.45) is 17.2. The van der Waals surface area contributed by atoms with Crippen LogP contribution in [0.25, 0.3) is 11.1 Å². The van der Waals surface area contributed by atoms with Gasteiger partial charge < -0.3 is 0 Å². The first-order valence-corrected chi connectivity index (χ1v) is 12.4. The second-order valence-corrected chi connectivity index (χ2v) is 9.17. The largest absolute Gasteiger partial charge is 0.203 e. The Morgan fingerprint density at radius 1 is 0.806 bits per heavy atom. The molecule has 2 aromatic carbocycles. The molecule has 1 saturated carbocycles. The lowest BCUT2D eigenvalue weighted by atomic mass is 9.77. The van der Waals surface area contributed by atoms with Gasteiger partial charge in [0.25, 0.3) is 0 Å². The van der Waals surface area contributed by atoms with Gasteiger partial charge in [-0.05, 0) is 67.1 Å². The molecule has 1 fully saturated rings. The summed E-state index contributed by atoms with van der Waals surface area (Å²) in [7, 11) is 0. The second-order valence-electron chi connectivity index (χ2n) is 9.17.